The summed E-state index contributed by atoms with van der Waals surface area (Å²) in [7, 11) is 3.24. The second kappa shape index (κ2) is 6.51. The van der Waals surface area contributed by atoms with Crippen LogP contribution in [-0.2, 0) is 4.74 Å². The van der Waals surface area contributed by atoms with Gasteiger partial charge < -0.3 is 14.2 Å². The molecule has 0 radical (unpaired) electrons. The van der Waals surface area contributed by atoms with Crippen LogP contribution in [0.2, 0.25) is 0 Å². The largest absolute Gasteiger partial charge is 0.493 e. The summed E-state index contributed by atoms with van der Waals surface area (Å²) in [4.78, 5) is 0.800. The molecule has 26 heavy (non-hydrogen) atoms. The molecule has 0 N–H and O–H groups in total. The highest BCUT2D eigenvalue weighted by molar-refractivity contribution is 7.16. The summed E-state index contributed by atoms with van der Waals surface area (Å²) < 4.78 is 18.4. The summed E-state index contributed by atoms with van der Waals surface area (Å²) in [5, 5.41) is 14.5. The molecule has 0 spiro atoms. The molecule has 0 saturated carbocycles. The van der Waals surface area contributed by atoms with Gasteiger partial charge in [0.15, 0.2) is 17.3 Å². The Morgan fingerprint density at radius 3 is 2.73 bits per heavy atom. The Balaban J connectivity index is 1.71. The zero-order valence-corrected chi connectivity index (χ0v) is 16.2. The molecule has 8 heteroatoms. The Kier molecular flexibility index (Phi) is 4.32. The number of benzene rings is 1. The van der Waals surface area contributed by atoms with Crippen molar-refractivity contribution in [2.75, 3.05) is 20.8 Å². The third-order valence-electron chi connectivity index (χ3n) is 4.69. The van der Waals surface area contributed by atoms with Crippen molar-refractivity contribution in [2.45, 2.75) is 38.2 Å². The van der Waals surface area contributed by atoms with Crippen molar-refractivity contribution in [1.29, 1.82) is 0 Å². The van der Waals surface area contributed by atoms with Crippen LogP contribution in [0.25, 0.3) is 16.3 Å². The molecule has 2 aromatic heterocycles. The monoisotopic (exact) mass is 374 g/mol. The number of fused-ring (bicyclic) bond motifs is 1. The van der Waals surface area contributed by atoms with Gasteiger partial charge in [-0.1, -0.05) is 11.3 Å². The van der Waals surface area contributed by atoms with E-state index in [1.807, 2.05) is 22.7 Å². The van der Waals surface area contributed by atoms with Crippen LogP contribution in [0.5, 0.6) is 11.5 Å². The van der Waals surface area contributed by atoms with Crippen molar-refractivity contribution in [3.05, 3.63) is 23.2 Å². The molecule has 0 bridgehead atoms. The smallest absolute Gasteiger partial charge is 0.234 e. The first-order valence-corrected chi connectivity index (χ1v) is 9.41. The lowest BCUT2D eigenvalue weighted by molar-refractivity contribution is -0.0593. The highest BCUT2D eigenvalue weighted by Crippen LogP contribution is 2.38. The number of nitrogens with zero attached hydrogens (tertiary/aromatic N) is 4. The normalized spacial score (nSPS) is 19.6. The van der Waals surface area contributed by atoms with Crippen LogP contribution in [0.1, 0.15) is 37.6 Å². The highest BCUT2D eigenvalue weighted by Gasteiger charge is 2.32. The standard InChI is InChI=1S/C18H22N4O3S/c1-18(2)10-12(7-8-25-18)16-21-22-15(19-20-17(22)26-16)11-5-6-13(23-3)14(9-11)24-4/h5-6,9,12H,7-8,10H2,1-4H3/t12-/m0/s1. The Bertz CT molecular complexity index is 934. The first-order chi connectivity index (χ1) is 12.5. The van der Waals surface area contributed by atoms with E-state index in [0.29, 0.717) is 23.2 Å². The van der Waals surface area contributed by atoms with E-state index in [9.17, 15) is 0 Å². The zero-order valence-electron chi connectivity index (χ0n) is 15.4. The second-order valence-electron chi connectivity index (χ2n) is 7.03. The number of methoxy groups -OCH3 is 2. The maximum absolute atomic E-state index is 5.83. The SMILES string of the molecule is COc1ccc(-c2nnc3sc([C@H]4CCOC(C)(C)C4)nn23)cc1OC. The van der Waals surface area contributed by atoms with E-state index in [1.54, 1.807) is 25.6 Å². The Morgan fingerprint density at radius 2 is 2.00 bits per heavy atom. The van der Waals surface area contributed by atoms with Crippen LogP contribution in [0.3, 0.4) is 0 Å². The van der Waals surface area contributed by atoms with Crippen LogP contribution in [0, 0.1) is 0 Å². The second-order valence-corrected chi connectivity index (χ2v) is 8.01. The van der Waals surface area contributed by atoms with Gasteiger partial charge in [-0.25, -0.2) is 0 Å². The number of hydrogen-bond donors (Lipinski definition) is 0. The first-order valence-electron chi connectivity index (χ1n) is 8.59. The van der Waals surface area contributed by atoms with Crippen molar-refractivity contribution in [3.8, 4) is 22.9 Å². The summed E-state index contributed by atoms with van der Waals surface area (Å²) >= 11 is 1.60. The highest BCUT2D eigenvalue weighted by atomic mass is 32.1. The van der Waals surface area contributed by atoms with E-state index >= 15 is 0 Å². The molecular weight excluding hydrogens is 352 g/mol. The lowest BCUT2D eigenvalue weighted by Crippen LogP contribution is -2.33. The molecular formula is C18H22N4O3S. The Morgan fingerprint density at radius 1 is 1.19 bits per heavy atom. The summed E-state index contributed by atoms with van der Waals surface area (Å²) in [6.45, 7) is 5.03. The van der Waals surface area contributed by atoms with Crippen molar-refractivity contribution in [2.24, 2.45) is 0 Å². The summed E-state index contributed by atoms with van der Waals surface area (Å²) in [6.07, 6.45) is 1.95. The van der Waals surface area contributed by atoms with Crippen molar-refractivity contribution in [1.82, 2.24) is 19.8 Å². The van der Waals surface area contributed by atoms with E-state index in [-0.39, 0.29) is 5.60 Å². The molecule has 7 nitrogen and oxygen atoms in total. The van der Waals surface area contributed by atoms with Crippen molar-refractivity contribution < 1.29 is 14.2 Å². The van der Waals surface area contributed by atoms with Crippen LogP contribution in [0.15, 0.2) is 18.2 Å². The lowest BCUT2D eigenvalue weighted by atomic mass is 9.89. The molecule has 1 aliphatic rings. The molecule has 1 aliphatic heterocycles. The van der Waals surface area contributed by atoms with Crippen molar-refractivity contribution >= 4 is 16.3 Å². The molecule has 0 amide bonds. The van der Waals surface area contributed by atoms with E-state index in [4.69, 9.17) is 19.3 Å². The zero-order chi connectivity index (χ0) is 18.3. The van der Waals surface area contributed by atoms with E-state index in [1.165, 1.54) is 0 Å². The van der Waals surface area contributed by atoms with Gasteiger partial charge in [-0.05, 0) is 44.9 Å². The maximum atomic E-state index is 5.83. The van der Waals surface area contributed by atoms with Gasteiger partial charge in [0.1, 0.15) is 5.01 Å². The lowest BCUT2D eigenvalue weighted by Gasteiger charge is -2.34. The molecule has 1 aromatic carbocycles. The fourth-order valence-electron chi connectivity index (χ4n) is 3.39. The van der Waals surface area contributed by atoms with Gasteiger partial charge in [0.2, 0.25) is 4.96 Å². The molecule has 0 aliphatic carbocycles. The van der Waals surface area contributed by atoms with Gasteiger partial charge >= 0.3 is 0 Å². The quantitative estimate of drug-likeness (QED) is 0.696. The average molecular weight is 374 g/mol. The molecule has 138 valence electrons. The van der Waals surface area contributed by atoms with E-state index in [2.05, 4.69) is 24.0 Å². The summed E-state index contributed by atoms with van der Waals surface area (Å²) in [5.74, 6) is 2.43. The minimum atomic E-state index is -0.110. The Hall–Kier alpha value is -2.19. The van der Waals surface area contributed by atoms with E-state index in [0.717, 1.165) is 35.0 Å². The number of aromatic nitrogens is 4. The first kappa shape index (κ1) is 17.2. The van der Waals surface area contributed by atoms with E-state index < -0.39 is 0 Å². The molecule has 1 saturated heterocycles. The summed E-state index contributed by atoms with van der Waals surface area (Å²) in [6, 6.07) is 5.70. The predicted octanol–water partition coefficient (Wildman–Crippen LogP) is 3.54. The molecule has 3 heterocycles. The van der Waals surface area contributed by atoms with Crippen LogP contribution >= 0.6 is 11.3 Å². The number of hydrogen-bond acceptors (Lipinski definition) is 7. The molecule has 4 rings (SSSR count). The molecule has 1 fully saturated rings. The average Bonchev–Trinajstić information content (AvgIpc) is 3.21. The maximum Gasteiger partial charge on any atom is 0.234 e. The fourth-order valence-corrected chi connectivity index (χ4v) is 4.37. The van der Waals surface area contributed by atoms with Gasteiger partial charge in [0, 0.05) is 18.1 Å². The number of ether oxygens (including phenoxy) is 3. The molecule has 1 atom stereocenters. The van der Waals surface area contributed by atoms with Gasteiger partial charge in [-0.3, -0.25) is 0 Å². The Labute approximate surface area is 155 Å². The topological polar surface area (TPSA) is 70.8 Å². The molecule has 3 aromatic rings. The minimum Gasteiger partial charge on any atom is -0.493 e. The van der Waals surface area contributed by atoms with Crippen LogP contribution in [0.4, 0.5) is 0 Å². The van der Waals surface area contributed by atoms with Gasteiger partial charge in [0.25, 0.3) is 0 Å². The predicted molar refractivity (Wildman–Crippen MR) is 99.2 cm³/mol. The van der Waals surface area contributed by atoms with Crippen molar-refractivity contribution in [3.63, 3.8) is 0 Å². The van der Waals surface area contributed by atoms with Crippen LogP contribution < -0.4 is 9.47 Å². The third-order valence-corrected chi connectivity index (χ3v) is 5.76. The minimum absolute atomic E-state index is 0.110. The number of rotatable bonds is 4. The third kappa shape index (κ3) is 3.03. The summed E-state index contributed by atoms with van der Waals surface area (Å²) in [5.41, 5.74) is 0.778. The van der Waals surface area contributed by atoms with Crippen LogP contribution in [-0.4, -0.2) is 46.2 Å². The van der Waals surface area contributed by atoms with Gasteiger partial charge in [-0.2, -0.15) is 9.61 Å². The molecule has 0 unspecified atom stereocenters. The van der Waals surface area contributed by atoms with Gasteiger partial charge in [0.05, 0.1) is 19.8 Å². The van der Waals surface area contributed by atoms with Gasteiger partial charge in [-0.15, -0.1) is 10.2 Å². The fraction of sp³-hybridized carbons (Fsp3) is 0.500.